The minimum Gasteiger partial charge on any atom is -0.490 e. The lowest BCUT2D eigenvalue weighted by Gasteiger charge is -2.24. The average molecular weight is 289 g/mol. The molecule has 1 heterocycles. The van der Waals surface area contributed by atoms with Crippen molar-refractivity contribution in [3.8, 4) is 5.75 Å². The molecular formula is C18H27NO2. The Kier molecular flexibility index (Phi) is 4.51. The number of rotatable bonds is 5. The van der Waals surface area contributed by atoms with Crippen molar-refractivity contribution in [2.75, 3.05) is 13.7 Å². The van der Waals surface area contributed by atoms with Crippen LogP contribution in [-0.2, 0) is 11.3 Å². The van der Waals surface area contributed by atoms with Crippen LogP contribution in [-0.4, -0.2) is 25.4 Å². The van der Waals surface area contributed by atoms with Crippen LogP contribution in [0, 0.1) is 6.92 Å². The lowest BCUT2D eigenvalue weighted by atomic mass is 9.98. The molecular weight excluding hydrogens is 262 g/mol. The Morgan fingerprint density at radius 1 is 1.29 bits per heavy atom. The van der Waals surface area contributed by atoms with Gasteiger partial charge in [0.1, 0.15) is 12.4 Å². The Hall–Kier alpha value is -1.06. The summed E-state index contributed by atoms with van der Waals surface area (Å²) in [4.78, 5) is 0. The van der Waals surface area contributed by atoms with Gasteiger partial charge in [-0.25, -0.2) is 0 Å². The molecule has 1 atom stereocenters. The molecule has 0 amide bonds. The molecule has 1 aromatic carbocycles. The van der Waals surface area contributed by atoms with Crippen molar-refractivity contribution in [3.63, 3.8) is 0 Å². The van der Waals surface area contributed by atoms with E-state index in [1.54, 1.807) is 0 Å². The summed E-state index contributed by atoms with van der Waals surface area (Å²) < 4.78 is 12.5. The van der Waals surface area contributed by atoms with E-state index in [0.29, 0.717) is 6.61 Å². The number of hydrogen-bond acceptors (Lipinski definition) is 3. The number of hydrogen-bond donors (Lipinski definition) is 1. The fourth-order valence-corrected chi connectivity index (χ4v) is 3.83. The number of para-hydroxylation sites is 1. The molecule has 1 unspecified atom stereocenters. The maximum Gasteiger partial charge on any atom is 0.126 e. The molecule has 3 nitrogen and oxygen atoms in total. The zero-order chi connectivity index (χ0) is 14.7. The second-order valence-corrected chi connectivity index (χ2v) is 6.57. The third kappa shape index (κ3) is 3.24. The van der Waals surface area contributed by atoms with Crippen molar-refractivity contribution < 1.29 is 9.47 Å². The molecule has 116 valence electrons. The largest absolute Gasteiger partial charge is 0.490 e. The SMILES string of the molecule is CNCc1cccc(C)c1OCC1CCC2(CCCC2)O1. The van der Waals surface area contributed by atoms with E-state index in [4.69, 9.17) is 9.47 Å². The van der Waals surface area contributed by atoms with Crippen LogP contribution in [0.25, 0.3) is 0 Å². The van der Waals surface area contributed by atoms with Crippen molar-refractivity contribution in [3.05, 3.63) is 29.3 Å². The highest BCUT2D eigenvalue weighted by molar-refractivity contribution is 5.40. The Morgan fingerprint density at radius 3 is 2.86 bits per heavy atom. The molecule has 1 spiro atoms. The summed E-state index contributed by atoms with van der Waals surface area (Å²) in [5, 5.41) is 3.21. The van der Waals surface area contributed by atoms with Crippen molar-refractivity contribution in [1.82, 2.24) is 5.32 Å². The van der Waals surface area contributed by atoms with E-state index in [1.165, 1.54) is 43.2 Å². The molecule has 1 aromatic rings. The second-order valence-electron chi connectivity index (χ2n) is 6.57. The van der Waals surface area contributed by atoms with Gasteiger partial charge < -0.3 is 14.8 Å². The fraction of sp³-hybridized carbons (Fsp3) is 0.667. The number of ether oxygens (including phenoxy) is 2. The highest BCUT2D eigenvalue weighted by atomic mass is 16.6. The molecule has 3 rings (SSSR count). The first kappa shape index (κ1) is 14.9. The molecule has 2 fully saturated rings. The number of aryl methyl sites for hydroxylation is 1. The van der Waals surface area contributed by atoms with E-state index < -0.39 is 0 Å². The predicted molar refractivity (Wildman–Crippen MR) is 84.7 cm³/mol. The average Bonchev–Trinajstić information content (AvgIpc) is 3.09. The summed E-state index contributed by atoms with van der Waals surface area (Å²) in [7, 11) is 1.97. The fourth-order valence-electron chi connectivity index (χ4n) is 3.83. The van der Waals surface area contributed by atoms with Gasteiger partial charge >= 0.3 is 0 Å². The third-order valence-corrected chi connectivity index (χ3v) is 4.93. The maximum absolute atomic E-state index is 6.33. The summed E-state index contributed by atoms with van der Waals surface area (Å²) >= 11 is 0. The Balaban J connectivity index is 1.60. The topological polar surface area (TPSA) is 30.5 Å². The predicted octanol–water partition coefficient (Wildman–Crippen LogP) is 3.59. The van der Waals surface area contributed by atoms with Gasteiger partial charge in [-0.1, -0.05) is 31.0 Å². The summed E-state index contributed by atoms with van der Waals surface area (Å²) in [6.45, 7) is 3.64. The van der Waals surface area contributed by atoms with Crippen LogP contribution in [0.3, 0.4) is 0 Å². The van der Waals surface area contributed by atoms with Crippen LogP contribution in [0.1, 0.15) is 49.7 Å². The monoisotopic (exact) mass is 289 g/mol. The van der Waals surface area contributed by atoms with Gasteiger partial charge in [0, 0.05) is 12.1 Å². The third-order valence-electron chi connectivity index (χ3n) is 4.93. The molecule has 21 heavy (non-hydrogen) atoms. The van der Waals surface area contributed by atoms with E-state index in [-0.39, 0.29) is 11.7 Å². The molecule has 0 aromatic heterocycles. The summed E-state index contributed by atoms with van der Waals surface area (Å²) in [6, 6.07) is 6.34. The van der Waals surface area contributed by atoms with E-state index in [9.17, 15) is 0 Å². The minimum absolute atomic E-state index is 0.202. The molecule has 1 saturated heterocycles. The first-order valence-electron chi connectivity index (χ1n) is 8.26. The number of nitrogens with one attached hydrogen (secondary N) is 1. The van der Waals surface area contributed by atoms with Crippen LogP contribution in [0.2, 0.25) is 0 Å². The Morgan fingerprint density at radius 2 is 2.10 bits per heavy atom. The van der Waals surface area contributed by atoms with Crippen LogP contribution >= 0.6 is 0 Å². The highest BCUT2D eigenvalue weighted by Gasteiger charge is 2.42. The van der Waals surface area contributed by atoms with Gasteiger partial charge in [0.2, 0.25) is 0 Å². The van der Waals surface area contributed by atoms with Gasteiger partial charge in [-0.05, 0) is 45.2 Å². The van der Waals surface area contributed by atoms with Crippen LogP contribution in [0.4, 0.5) is 0 Å². The van der Waals surface area contributed by atoms with Gasteiger partial charge in [-0.3, -0.25) is 0 Å². The molecule has 0 bridgehead atoms. The van der Waals surface area contributed by atoms with E-state index in [2.05, 4.69) is 30.4 Å². The van der Waals surface area contributed by atoms with Crippen LogP contribution < -0.4 is 10.1 Å². The molecule has 1 N–H and O–H groups in total. The van der Waals surface area contributed by atoms with Gasteiger partial charge in [0.25, 0.3) is 0 Å². The standard InChI is InChI=1S/C18H27NO2/c1-14-6-5-7-15(12-19-2)17(14)20-13-16-8-11-18(21-16)9-3-4-10-18/h5-7,16,19H,3-4,8-13H2,1-2H3. The molecule has 0 radical (unpaired) electrons. The van der Waals surface area contributed by atoms with Crippen LogP contribution in [0.15, 0.2) is 18.2 Å². The van der Waals surface area contributed by atoms with Crippen LogP contribution in [0.5, 0.6) is 5.75 Å². The normalized spacial score (nSPS) is 23.8. The van der Waals surface area contributed by atoms with Crippen molar-refractivity contribution in [2.45, 2.75) is 63.7 Å². The highest BCUT2D eigenvalue weighted by Crippen LogP contribution is 2.43. The Labute approximate surface area is 128 Å². The van der Waals surface area contributed by atoms with E-state index >= 15 is 0 Å². The van der Waals surface area contributed by atoms with Crippen molar-refractivity contribution in [1.29, 1.82) is 0 Å². The van der Waals surface area contributed by atoms with E-state index in [1.807, 2.05) is 7.05 Å². The number of benzene rings is 1. The zero-order valence-electron chi connectivity index (χ0n) is 13.3. The van der Waals surface area contributed by atoms with Crippen molar-refractivity contribution in [2.24, 2.45) is 0 Å². The van der Waals surface area contributed by atoms with Gasteiger partial charge in [0.15, 0.2) is 0 Å². The van der Waals surface area contributed by atoms with Gasteiger partial charge in [-0.2, -0.15) is 0 Å². The molecule has 2 aliphatic rings. The molecule has 1 aliphatic heterocycles. The minimum atomic E-state index is 0.202. The second kappa shape index (κ2) is 6.37. The summed E-state index contributed by atoms with van der Waals surface area (Å²) in [6.07, 6.45) is 7.79. The lowest BCUT2D eigenvalue weighted by molar-refractivity contribution is -0.0510. The first-order valence-corrected chi connectivity index (χ1v) is 8.26. The van der Waals surface area contributed by atoms with Gasteiger partial charge in [-0.15, -0.1) is 0 Å². The van der Waals surface area contributed by atoms with E-state index in [0.717, 1.165) is 18.7 Å². The Bertz CT molecular complexity index is 480. The molecule has 1 aliphatic carbocycles. The summed E-state index contributed by atoms with van der Waals surface area (Å²) in [5.41, 5.74) is 2.63. The smallest absolute Gasteiger partial charge is 0.126 e. The first-order chi connectivity index (χ1) is 10.2. The van der Waals surface area contributed by atoms with Crippen molar-refractivity contribution >= 4 is 0 Å². The summed E-state index contributed by atoms with van der Waals surface area (Å²) in [5.74, 6) is 1.03. The maximum atomic E-state index is 6.33. The molecule has 3 heteroatoms. The van der Waals surface area contributed by atoms with Gasteiger partial charge in [0.05, 0.1) is 11.7 Å². The molecule has 1 saturated carbocycles. The quantitative estimate of drug-likeness (QED) is 0.898. The zero-order valence-corrected chi connectivity index (χ0v) is 13.3. The lowest BCUT2D eigenvalue weighted by Crippen LogP contribution is -2.27.